The molecule has 0 saturated heterocycles. The van der Waals surface area contributed by atoms with E-state index in [1.165, 1.54) is 6.33 Å². The van der Waals surface area contributed by atoms with Gasteiger partial charge in [0.15, 0.2) is 17.3 Å². The van der Waals surface area contributed by atoms with Crippen LogP contribution in [0, 0.1) is 0 Å². The highest BCUT2D eigenvalue weighted by molar-refractivity contribution is 9.10. The zero-order valence-corrected chi connectivity index (χ0v) is 13.4. The SMILES string of the molecule is CCOc1ccc(Nc2nc[nH]c(=O)c2Br)cc1OCC. The molecule has 0 aliphatic rings. The summed E-state index contributed by atoms with van der Waals surface area (Å²) < 4.78 is 11.4. The van der Waals surface area contributed by atoms with Crippen molar-refractivity contribution in [2.75, 3.05) is 18.5 Å². The minimum atomic E-state index is -0.247. The van der Waals surface area contributed by atoms with Crippen LogP contribution in [0.1, 0.15) is 13.8 Å². The topological polar surface area (TPSA) is 76.2 Å². The zero-order chi connectivity index (χ0) is 15.2. The summed E-state index contributed by atoms with van der Waals surface area (Å²) in [6, 6.07) is 5.46. The second kappa shape index (κ2) is 7.12. The number of aromatic nitrogens is 2. The molecule has 0 atom stereocenters. The van der Waals surface area contributed by atoms with Gasteiger partial charge in [0.05, 0.1) is 19.5 Å². The first-order valence-electron chi connectivity index (χ1n) is 6.55. The van der Waals surface area contributed by atoms with Crippen molar-refractivity contribution < 1.29 is 9.47 Å². The first-order valence-corrected chi connectivity index (χ1v) is 7.34. The first-order chi connectivity index (χ1) is 10.2. The van der Waals surface area contributed by atoms with E-state index in [2.05, 4.69) is 31.2 Å². The van der Waals surface area contributed by atoms with Gasteiger partial charge in [0, 0.05) is 11.8 Å². The Morgan fingerprint density at radius 1 is 1.24 bits per heavy atom. The minimum Gasteiger partial charge on any atom is -0.490 e. The zero-order valence-electron chi connectivity index (χ0n) is 11.8. The van der Waals surface area contributed by atoms with Gasteiger partial charge in [-0.3, -0.25) is 4.79 Å². The maximum Gasteiger partial charge on any atom is 0.267 e. The fourth-order valence-electron chi connectivity index (χ4n) is 1.74. The standard InChI is InChI=1S/C14H16BrN3O3/c1-3-20-10-6-5-9(7-11(10)21-4-2)18-13-12(15)14(19)17-8-16-13/h5-8H,3-4H2,1-2H3,(H2,16,17,18,19). The van der Waals surface area contributed by atoms with Crippen molar-refractivity contribution >= 4 is 27.4 Å². The third-order valence-corrected chi connectivity index (χ3v) is 3.34. The van der Waals surface area contributed by atoms with Crippen molar-refractivity contribution in [2.45, 2.75) is 13.8 Å². The van der Waals surface area contributed by atoms with Gasteiger partial charge in [0.2, 0.25) is 0 Å². The van der Waals surface area contributed by atoms with Crippen LogP contribution in [-0.2, 0) is 0 Å². The fourth-order valence-corrected chi connectivity index (χ4v) is 2.05. The lowest BCUT2D eigenvalue weighted by molar-refractivity contribution is 0.288. The molecule has 0 spiro atoms. The Bertz CT molecular complexity index is 673. The molecule has 1 aromatic carbocycles. The number of hydrogen-bond acceptors (Lipinski definition) is 5. The van der Waals surface area contributed by atoms with Gasteiger partial charge < -0.3 is 19.8 Å². The Morgan fingerprint density at radius 3 is 2.67 bits per heavy atom. The smallest absolute Gasteiger partial charge is 0.267 e. The lowest BCUT2D eigenvalue weighted by atomic mass is 10.2. The van der Waals surface area contributed by atoms with Gasteiger partial charge in [0.1, 0.15) is 4.47 Å². The third-order valence-electron chi connectivity index (χ3n) is 2.60. The molecule has 2 aromatic rings. The molecule has 0 fully saturated rings. The summed E-state index contributed by atoms with van der Waals surface area (Å²) in [4.78, 5) is 18.1. The molecule has 112 valence electrons. The fraction of sp³-hybridized carbons (Fsp3) is 0.286. The molecule has 7 heteroatoms. The molecule has 21 heavy (non-hydrogen) atoms. The van der Waals surface area contributed by atoms with Gasteiger partial charge in [-0.25, -0.2) is 4.98 Å². The van der Waals surface area contributed by atoms with Crippen LogP contribution < -0.4 is 20.3 Å². The number of H-pyrrole nitrogens is 1. The minimum absolute atomic E-state index is 0.247. The summed E-state index contributed by atoms with van der Waals surface area (Å²) >= 11 is 3.20. The maximum absolute atomic E-state index is 11.5. The van der Waals surface area contributed by atoms with Gasteiger partial charge in [0.25, 0.3) is 5.56 Å². The summed E-state index contributed by atoms with van der Waals surface area (Å²) in [6.07, 6.45) is 1.34. The molecule has 2 rings (SSSR count). The first kappa shape index (κ1) is 15.4. The van der Waals surface area contributed by atoms with Crippen LogP contribution in [0.4, 0.5) is 11.5 Å². The van der Waals surface area contributed by atoms with Crippen LogP contribution in [0.2, 0.25) is 0 Å². The van der Waals surface area contributed by atoms with Crippen LogP contribution in [0.25, 0.3) is 0 Å². The van der Waals surface area contributed by atoms with Gasteiger partial charge in [-0.15, -0.1) is 0 Å². The van der Waals surface area contributed by atoms with Gasteiger partial charge in [-0.05, 0) is 41.9 Å². The van der Waals surface area contributed by atoms with Crippen molar-refractivity contribution in [3.05, 3.63) is 39.4 Å². The highest BCUT2D eigenvalue weighted by atomic mass is 79.9. The molecule has 0 amide bonds. The molecule has 0 radical (unpaired) electrons. The van der Waals surface area contributed by atoms with Gasteiger partial charge in [-0.2, -0.15) is 0 Å². The van der Waals surface area contributed by atoms with Crippen molar-refractivity contribution in [3.63, 3.8) is 0 Å². The Kier molecular flexibility index (Phi) is 5.21. The summed E-state index contributed by atoms with van der Waals surface area (Å²) in [6.45, 7) is 4.92. The largest absolute Gasteiger partial charge is 0.490 e. The molecule has 0 unspecified atom stereocenters. The van der Waals surface area contributed by atoms with E-state index in [-0.39, 0.29) is 5.56 Å². The average molecular weight is 354 g/mol. The number of benzene rings is 1. The number of aromatic amines is 1. The number of nitrogens with zero attached hydrogens (tertiary/aromatic N) is 1. The second-order valence-corrected chi connectivity index (χ2v) is 4.84. The molecule has 0 aliphatic heterocycles. The Morgan fingerprint density at radius 2 is 1.95 bits per heavy atom. The molecule has 0 aliphatic carbocycles. The normalized spacial score (nSPS) is 10.2. The monoisotopic (exact) mass is 353 g/mol. The number of rotatable bonds is 6. The molecular formula is C14H16BrN3O3. The lowest BCUT2D eigenvalue weighted by Crippen LogP contribution is -2.10. The van der Waals surface area contributed by atoms with E-state index in [1.54, 1.807) is 0 Å². The Hall–Kier alpha value is -2.02. The Labute approximate surface area is 130 Å². The number of nitrogens with one attached hydrogen (secondary N) is 2. The quantitative estimate of drug-likeness (QED) is 0.834. The van der Waals surface area contributed by atoms with Crippen molar-refractivity contribution in [2.24, 2.45) is 0 Å². The van der Waals surface area contributed by atoms with E-state index in [0.717, 1.165) is 5.69 Å². The van der Waals surface area contributed by atoms with E-state index < -0.39 is 0 Å². The van der Waals surface area contributed by atoms with Crippen molar-refractivity contribution in [1.82, 2.24) is 9.97 Å². The highest BCUT2D eigenvalue weighted by Gasteiger charge is 2.09. The number of anilines is 2. The lowest BCUT2D eigenvalue weighted by Gasteiger charge is -2.13. The predicted octanol–water partition coefficient (Wildman–Crippen LogP) is 3.07. The molecule has 2 N–H and O–H groups in total. The van der Waals surface area contributed by atoms with Gasteiger partial charge >= 0.3 is 0 Å². The van der Waals surface area contributed by atoms with E-state index in [0.29, 0.717) is 35.0 Å². The van der Waals surface area contributed by atoms with E-state index in [9.17, 15) is 4.79 Å². The van der Waals surface area contributed by atoms with E-state index in [1.807, 2.05) is 32.0 Å². The van der Waals surface area contributed by atoms with Crippen LogP contribution in [0.5, 0.6) is 11.5 Å². The van der Waals surface area contributed by atoms with Crippen LogP contribution in [-0.4, -0.2) is 23.2 Å². The predicted molar refractivity (Wildman–Crippen MR) is 84.6 cm³/mol. The van der Waals surface area contributed by atoms with E-state index >= 15 is 0 Å². The summed E-state index contributed by atoms with van der Waals surface area (Å²) in [5, 5.41) is 3.07. The summed E-state index contributed by atoms with van der Waals surface area (Å²) in [7, 11) is 0. The molecule has 1 aromatic heterocycles. The second-order valence-electron chi connectivity index (χ2n) is 4.05. The molecule has 0 bridgehead atoms. The average Bonchev–Trinajstić information content (AvgIpc) is 2.47. The Balaban J connectivity index is 2.30. The van der Waals surface area contributed by atoms with Crippen LogP contribution >= 0.6 is 15.9 Å². The molecular weight excluding hydrogens is 338 g/mol. The summed E-state index contributed by atoms with van der Waals surface area (Å²) in [5.41, 5.74) is 0.504. The van der Waals surface area contributed by atoms with Crippen LogP contribution in [0.3, 0.4) is 0 Å². The third kappa shape index (κ3) is 3.75. The van der Waals surface area contributed by atoms with Crippen molar-refractivity contribution in [3.8, 4) is 11.5 Å². The van der Waals surface area contributed by atoms with Crippen molar-refractivity contribution in [1.29, 1.82) is 0 Å². The maximum atomic E-state index is 11.5. The molecule has 1 heterocycles. The number of ether oxygens (including phenoxy) is 2. The molecule has 6 nitrogen and oxygen atoms in total. The highest BCUT2D eigenvalue weighted by Crippen LogP contribution is 2.32. The summed E-state index contributed by atoms with van der Waals surface area (Å²) in [5.74, 6) is 1.76. The number of halogens is 1. The van der Waals surface area contributed by atoms with Gasteiger partial charge in [-0.1, -0.05) is 0 Å². The van der Waals surface area contributed by atoms with E-state index in [4.69, 9.17) is 9.47 Å². The molecule has 0 saturated carbocycles. The number of hydrogen-bond donors (Lipinski definition) is 2. The van der Waals surface area contributed by atoms with Crippen LogP contribution in [0.15, 0.2) is 33.8 Å².